The molecule has 2 saturated heterocycles. The van der Waals surface area contributed by atoms with Gasteiger partial charge in [-0.3, -0.25) is 9.80 Å². The van der Waals surface area contributed by atoms with Crippen molar-refractivity contribution in [3.05, 3.63) is 0 Å². The highest BCUT2D eigenvalue weighted by molar-refractivity contribution is 5.13. The van der Waals surface area contributed by atoms with E-state index in [-0.39, 0.29) is 16.7 Å². The largest absolute Gasteiger partial charge is 0.368 e. The summed E-state index contributed by atoms with van der Waals surface area (Å²) in [6.45, 7) is 18.6. The topological polar surface area (TPSA) is 41.7 Å². The normalized spacial score (nSPS) is 35.0. The first-order chi connectivity index (χ1) is 9.67. The SMILES string of the molecule is CCC(C)N1CCN(C2(CN)CC(C)(C)OC2(C)C)CC1. The predicted molar refractivity (Wildman–Crippen MR) is 88.5 cm³/mol. The fraction of sp³-hybridized carbons (Fsp3) is 1.00. The summed E-state index contributed by atoms with van der Waals surface area (Å²) in [5, 5.41) is 0. The zero-order chi connectivity index (χ0) is 15.9. The van der Waals surface area contributed by atoms with E-state index in [1.807, 2.05) is 0 Å². The van der Waals surface area contributed by atoms with Gasteiger partial charge in [0.15, 0.2) is 0 Å². The van der Waals surface area contributed by atoms with Crippen LogP contribution in [0.4, 0.5) is 0 Å². The average molecular weight is 297 g/mol. The number of ether oxygens (including phenoxy) is 1. The molecule has 0 saturated carbocycles. The van der Waals surface area contributed by atoms with Crippen LogP contribution in [0.1, 0.15) is 54.4 Å². The van der Waals surface area contributed by atoms with E-state index < -0.39 is 0 Å². The van der Waals surface area contributed by atoms with Gasteiger partial charge in [0, 0.05) is 38.8 Å². The third-order valence-electron chi connectivity index (χ3n) is 5.84. The van der Waals surface area contributed by atoms with E-state index in [1.165, 1.54) is 6.42 Å². The molecule has 124 valence electrons. The molecule has 21 heavy (non-hydrogen) atoms. The number of piperazine rings is 1. The highest BCUT2D eigenvalue weighted by Crippen LogP contribution is 2.48. The van der Waals surface area contributed by atoms with Gasteiger partial charge in [-0.2, -0.15) is 0 Å². The van der Waals surface area contributed by atoms with Gasteiger partial charge in [-0.05, 0) is 47.5 Å². The quantitative estimate of drug-likeness (QED) is 0.862. The monoisotopic (exact) mass is 297 g/mol. The van der Waals surface area contributed by atoms with Crippen LogP contribution in [-0.4, -0.2) is 65.3 Å². The first-order valence-corrected chi connectivity index (χ1v) is 8.57. The van der Waals surface area contributed by atoms with Crippen LogP contribution in [0.15, 0.2) is 0 Å². The van der Waals surface area contributed by atoms with Gasteiger partial charge in [-0.15, -0.1) is 0 Å². The molecule has 2 N–H and O–H groups in total. The minimum atomic E-state index is -0.191. The molecule has 0 amide bonds. The lowest BCUT2D eigenvalue weighted by molar-refractivity contribution is -0.110. The molecular formula is C17H35N3O. The standard InChI is InChI=1S/C17H35N3O/c1-7-14(2)19-8-10-20(11-9-19)17(13-18)12-15(3,4)21-16(17,5)6/h14H,7-13,18H2,1-6H3. The summed E-state index contributed by atoms with van der Waals surface area (Å²) in [4.78, 5) is 5.22. The second kappa shape index (κ2) is 5.80. The van der Waals surface area contributed by atoms with Gasteiger partial charge in [0.05, 0.1) is 16.7 Å². The Balaban J connectivity index is 2.13. The minimum Gasteiger partial charge on any atom is -0.368 e. The van der Waals surface area contributed by atoms with E-state index in [2.05, 4.69) is 51.3 Å². The average Bonchev–Trinajstić information content (AvgIpc) is 2.62. The Morgan fingerprint density at radius 3 is 2.05 bits per heavy atom. The van der Waals surface area contributed by atoms with E-state index >= 15 is 0 Å². The third kappa shape index (κ3) is 3.00. The maximum Gasteiger partial charge on any atom is 0.0830 e. The van der Waals surface area contributed by atoms with Crippen LogP contribution in [-0.2, 0) is 4.74 Å². The summed E-state index contributed by atoms with van der Waals surface area (Å²) < 4.78 is 6.36. The molecule has 2 rings (SSSR count). The van der Waals surface area contributed by atoms with Crippen LogP contribution in [0.3, 0.4) is 0 Å². The first-order valence-electron chi connectivity index (χ1n) is 8.57. The van der Waals surface area contributed by atoms with Crippen molar-refractivity contribution < 1.29 is 4.74 Å². The lowest BCUT2D eigenvalue weighted by Gasteiger charge is -2.51. The fourth-order valence-corrected chi connectivity index (χ4v) is 4.53. The zero-order valence-corrected chi connectivity index (χ0v) is 14.9. The molecule has 0 aromatic rings. The zero-order valence-electron chi connectivity index (χ0n) is 14.9. The van der Waals surface area contributed by atoms with E-state index in [9.17, 15) is 0 Å². The maximum absolute atomic E-state index is 6.36. The third-order valence-corrected chi connectivity index (χ3v) is 5.84. The molecule has 2 heterocycles. The molecule has 4 nitrogen and oxygen atoms in total. The van der Waals surface area contributed by atoms with Gasteiger partial charge in [0.25, 0.3) is 0 Å². The van der Waals surface area contributed by atoms with Crippen molar-refractivity contribution in [3.8, 4) is 0 Å². The summed E-state index contributed by atoms with van der Waals surface area (Å²) in [6, 6.07) is 0.685. The second-order valence-corrected chi connectivity index (χ2v) is 8.06. The van der Waals surface area contributed by atoms with E-state index in [4.69, 9.17) is 10.5 Å². The van der Waals surface area contributed by atoms with E-state index in [0.29, 0.717) is 12.6 Å². The molecule has 0 aliphatic carbocycles. The number of nitrogens with two attached hydrogens (primary N) is 1. The van der Waals surface area contributed by atoms with Crippen molar-refractivity contribution in [1.29, 1.82) is 0 Å². The highest BCUT2D eigenvalue weighted by atomic mass is 16.5. The number of hydrogen-bond acceptors (Lipinski definition) is 4. The summed E-state index contributed by atoms with van der Waals surface area (Å²) in [5.74, 6) is 0. The number of nitrogens with zero attached hydrogens (tertiary/aromatic N) is 2. The van der Waals surface area contributed by atoms with Gasteiger partial charge < -0.3 is 10.5 Å². The Morgan fingerprint density at radius 2 is 1.67 bits per heavy atom. The highest BCUT2D eigenvalue weighted by Gasteiger charge is 2.59. The molecule has 2 unspecified atom stereocenters. The Hall–Kier alpha value is -0.160. The van der Waals surface area contributed by atoms with Crippen LogP contribution in [0.5, 0.6) is 0 Å². The van der Waals surface area contributed by atoms with Crippen LogP contribution in [0.25, 0.3) is 0 Å². The summed E-state index contributed by atoms with van der Waals surface area (Å²) in [6.07, 6.45) is 2.25. The summed E-state index contributed by atoms with van der Waals surface area (Å²) in [7, 11) is 0. The van der Waals surface area contributed by atoms with Crippen molar-refractivity contribution in [2.24, 2.45) is 5.73 Å². The smallest absolute Gasteiger partial charge is 0.0830 e. The van der Waals surface area contributed by atoms with Gasteiger partial charge in [0.2, 0.25) is 0 Å². The van der Waals surface area contributed by atoms with Crippen molar-refractivity contribution in [2.45, 2.75) is 77.2 Å². The summed E-state index contributed by atoms with van der Waals surface area (Å²) in [5.41, 5.74) is 5.97. The Morgan fingerprint density at radius 1 is 1.10 bits per heavy atom. The first kappa shape index (κ1) is 17.2. The van der Waals surface area contributed by atoms with Crippen LogP contribution < -0.4 is 5.73 Å². The van der Waals surface area contributed by atoms with Gasteiger partial charge in [-0.25, -0.2) is 0 Å². The molecule has 2 fully saturated rings. The molecule has 2 aliphatic heterocycles. The van der Waals surface area contributed by atoms with Gasteiger partial charge >= 0.3 is 0 Å². The second-order valence-electron chi connectivity index (χ2n) is 8.06. The lowest BCUT2D eigenvalue weighted by Crippen LogP contribution is -2.67. The van der Waals surface area contributed by atoms with E-state index in [1.54, 1.807) is 0 Å². The predicted octanol–water partition coefficient (Wildman–Crippen LogP) is 2.08. The Labute approximate surface area is 131 Å². The van der Waals surface area contributed by atoms with Crippen molar-refractivity contribution in [2.75, 3.05) is 32.7 Å². The molecule has 4 heteroatoms. The van der Waals surface area contributed by atoms with Crippen molar-refractivity contribution in [1.82, 2.24) is 9.80 Å². The minimum absolute atomic E-state index is 0.0297. The van der Waals surface area contributed by atoms with E-state index in [0.717, 1.165) is 32.6 Å². The van der Waals surface area contributed by atoms with Crippen LogP contribution in [0, 0.1) is 0 Å². The Bertz CT molecular complexity index is 361. The molecule has 0 bridgehead atoms. The van der Waals surface area contributed by atoms with Crippen molar-refractivity contribution in [3.63, 3.8) is 0 Å². The molecule has 0 aromatic carbocycles. The Kier molecular flexibility index (Phi) is 4.75. The molecule has 2 aliphatic rings. The molecule has 0 spiro atoms. The van der Waals surface area contributed by atoms with Gasteiger partial charge in [0.1, 0.15) is 0 Å². The molecule has 0 aromatic heterocycles. The van der Waals surface area contributed by atoms with Crippen LogP contribution in [0.2, 0.25) is 0 Å². The lowest BCUT2D eigenvalue weighted by atomic mass is 9.77. The summed E-state index contributed by atoms with van der Waals surface area (Å²) >= 11 is 0. The number of hydrogen-bond donors (Lipinski definition) is 1. The van der Waals surface area contributed by atoms with Gasteiger partial charge in [-0.1, -0.05) is 6.92 Å². The molecule has 2 atom stereocenters. The van der Waals surface area contributed by atoms with Crippen LogP contribution >= 0.6 is 0 Å². The molecular weight excluding hydrogens is 262 g/mol. The number of rotatable bonds is 4. The maximum atomic E-state index is 6.36. The fourth-order valence-electron chi connectivity index (χ4n) is 4.53. The van der Waals surface area contributed by atoms with Crippen molar-refractivity contribution >= 4 is 0 Å². The molecule has 0 radical (unpaired) electrons.